The van der Waals surface area contributed by atoms with E-state index in [1.54, 1.807) is 6.92 Å². The molecule has 1 atom stereocenters. The third kappa shape index (κ3) is 3.20. The van der Waals surface area contributed by atoms with Gasteiger partial charge in [0.25, 0.3) is 0 Å². The van der Waals surface area contributed by atoms with Crippen molar-refractivity contribution in [3.63, 3.8) is 0 Å². The summed E-state index contributed by atoms with van der Waals surface area (Å²) in [6.07, 6.45) is 0.500. The summed E-state index contributed by atoms with van der Waals surface area (Å²) in [5.74, 6) is -1.77. The minimum Gasteiger partial charge on any atom is -0.478 e. The number of carboxylic acid groups (broad SMARTS) is 1. The van der Waals surface area contributed by atoms with Gasteiger partial charge in [0.2, 0.25) is 0 Å². The summed E-state index contributed by atoms with van der Waals surface area (Å²) in [4.78, 5) is 10.6. The fourth-order valence-electron chi connectivity index (χ4n) is 1.30. The maximum absolute atomic E-state index is 13.4. The smallest absolute Gasteiger partial charge is 0.335 e. The lowest BCUT2D eigenvalue weighted by atomic mass is 10.1. The summed E-state index contributed by atoms with van der Waals surface area (Å²) in [6, 6.07) is 3.61. The molecule has 16 heavy (non-hydrogen) atoms. The second-order valence-electron chi connectivity index (χ2n) is 3.56. The Labute approximate surface area is 92.7 Å². The third-order valence-corrected chi connectivity index (χ3v) is 2.18. The van der Waals surface area contributed by atoms with Crippen LogP contribution in [0.2, 0.25) is 0 Å². The number of anilines is 1. The molecule has 0 aromatic heterocycles. The first-order valence-electron chi connectivity index (χ1n) is 4.95. The average Bonchev–Trinajstić information content (AvgIpc) is 2.21. The SMILES string of the molecule is CC(CCO)Nc1ccc(C(=O)O)cc1F. The van der Waals surface area contributed by atoms with Crippen LogP contribution >= 0.6 is 0 Å². The molecule has 4 nitrogen and oxygen atoms in total. The number of hydrogen-bond donors (Lipinski definition) is 3. The van der Waals surface area contributed by atoms with Crippen LogP contribution in [0.15, 0.2) is 18.2 Å². The maximum atomic E-state index is 13.4. The lowest BCUT2D eigenvalue weighted by Gasteiger charge is -2.14. The number of carbonyl (C=O) groups is 1. The van der Waals surface area contributed by atoms with Crippen molar-refractivity contribution in [3.8, 4) is 0 Å². The zero-order valence-corrected chi connectivity index (χ0v) is 8.90. The molecule has 0 radical (unpaired) electrons. The fourth-order valence-corrected chi connectivity index (χ4v) is 1.30. The number of halogens is 1. The van der Waals surface area contributed by atoms with Gasteiger partial charge in [0.1, 0.15) is 5.82 Å². The molecule has 1 rings (SSSR count). The van der Waals surface area contributed by atoms with Crippen LogP contribution in [0.1, 0.15) is 23.7 Å². The van der Waals surface area contributed by atoms with E-state index in [9.17, 15) is 9.18 Å². The van der Waals surface area contributed by atoms with Crippen molar-refractivity contribution in [1.82, 2.24) is 0 Å². The zero-order valence-electron chi connectivity index (χ0n) is 8.90. The molecule has 5 heteroatoms. The second-order valence-corrected chi connectivity index (χ2v) is 3.56. The van der Waals surface area contributed by atoms with E-state index in [1.807, 2.05) is 0 Å². The predicted octanol–water partition coefficient (Wildman–Crippen LogP) is 1.71. The van der Waals surface area contributed by atoms with Crippen LogP contribution in [0.4, 0.5) is 10.1 Å². The molecule has 0 aliphatic rings. The number of nitrogens with one attached hydrogen (secondary N) is 1. The van der Waals surface area contributed by atoms with Crippen molar-refractivity contribution in [1.29, 1.82) is 0 Å². The number of benzene rings is 1. The van der Waals surface area contributed by atoms with Crippen molar-refractivity contribution in [2.24, 2.45) is 0 Å². The van der Waals surface area contributed by atoms with E-state index in [-0.39, 0.29) is 23.9 Å². The molecule has 1 aromatic rings. The van der Waals surface area contributed by atoms with Crippen molar-refractivity contribution < 1.29 is 19.4 Å². The molecule has 0 bridgehead atoms. The lowest BCUT2D eigenvalue weighted by Crippen LogP contribution is -2.17. The lowest BCUT2D eigenvalue weighted by molar-refractivity contribution is 0.0696. The quantitative estimate of drug-likeness (QED) is 0.716. The van der Waals surface area contributed by atoms with Gasteiger partial charge in [-0.1, -0.05) is 0 Å². The van der Waals surface area contributed by atoms with Crippen LogP contribution < -0.4 is 5.32 Å². The normalized spacial score (nSPS) is 12.2. The number of carboxylic acids is 1. The van der Waals surface area contributed by atoms with Gasteiger partial charge in [0, 0.05) is 12.6 Å². The summed E-state index contributed by atoms with van der Waals surface area (Å²) in [5, 5.41) is 20.2. The molecule has 0 saturated carbocycles. The van der Waals surface area contributed by atoms with E-state index in [2.05, 4.69) is 5.32 Å². The Kier molecular flexibility index (Phi) is 4.25. The van der Waals surface area contributed by atoms with Gasteiger partial charge in [-0.15, -0.1) is 0 Å². The van der Waals surface area contributed by atoms with Gasteiger partial charge in [-0.05, 0) is 31.5 Å². The van der Waals surface area contributed by atoms with Crippen LogP contribution in [-0.4, -0.2) is 28.8 Å². The van der Waals surface area contributed by atoms with Gasteiger partial charge in [0.15, 0.2) is 0 Å². The molecular formula is C11H14FNO3. The summed E-state index contributed by atoms with van der Waals surface area (Å²) in [5.41, 5.74) is 0.156. The van der Waals surface area contributed by atoms with E-state index < -0.39 is 11.8 Å². The van der Waals surface area contributed by atoms with Gasteiger partial charge in [-0.3, -0.25) is 0 Å². The molecule has 0 aliphatic heterocycles. The largest absolute Gasteiger partial charge is 0.478 e. The zero-order chi connectivity index (χ0) is 12.1. The molecule has 0 spiro atoms. The maximum Gasteiger partial charge on any atom is 0.335 e. The Bertz CT molecular complexity index is 381. The first-order valence-corrected chi connectivity index (χ1v) is 4.95. The van der Waals surface area contributed by atoms with E-state index >= 15 is 0 Å². The number of aliphatic hydroxyl groups excluding tert-OH is 1. The Hall–Kier alpha value is -1.62. The number of rotatable bonds is 5. The molecule has 0 amide bonds. The van der Waals surface area contributed by atoms with Crippen LogP contribution in [0.25, 0.3) is 0 Å². The van der Waals surface area contributed by atoms with Gasteiger partial charge < -0.3 is 15.5 Å². The highest BCUT2D eigenvalue weighted by molar-refractivity contribution is 5.88. The van der Waals surface area contributed by atoms with Crippen molar-refractivity contribution in [3.05, 3.63) is 29.6 Å². The fraction of sp³-hybridized carbons (Fsp3) is 0.364. The Balaban J connectivity index is 2.79. The van der Waals surface area contributed by atoms with Gasteiger partial charge in [-0.25, -0.2) is 9.18 Å². The topological polar surface area (TPSA) is 69.6 Å². The summed E-state index contributed by atoms with van der Waals surface area (Å²) in [7, 11) is 0. The first kappa shape index (κ1) is 12.4. The van der Waals surface area contributed by atoms with Gasteiger partial charge in [0.05, 0.1) is 11.3 Å². The van der Waals surface area contributed by atoms with Crippen molar-refractivity contribution >= 4 is 11.7 Å². The molecule has 88 valence electrons. The monoisotopic (exact) mass is 227 g/mol. The molecule has 0 aliphatic carbocycles. The highest BCUT2D eigenvalue weighted by atomic mass is 19.1. The van der Waals surface area contributed by atoms with Crippen LogP contribution in [0.3, 0.4) is 0 Å². The molecular weight excluding hydrogens is 213 g/mol. The minimum atomic E-state index is -1.16. The molecule has 0 fully saturated rings. The number of aliphatic hydroxyl groups is 1. The molecule has 0 heterocycles. The Morgan fingerprint density at radius 3 is 2.75 bits per heavy atom. The molecule has 0 saturated heterocycles. The average molecular weight is 227 g/mol. The Morgan fingerprint density at radius 2 is 2.25 bits per heavy atom. The van der Waals surface area contributed by atoms with Crippen LogP contribution in [0, 0.1) is 5.82 Å². The Morgan fingerprint density at radius 1 is 1.56 bits per heavy atom. The standard InChI is InChI=1S/C11H14FNO3/c1-7(4-5-14)13-10-3-2-8(11(15)16)6-9(10)12/h2-3,6-7,13-14H,4-5H2,1H3,(H,15,16). The molecule has 3 N–H and O–H groups in total. The molecule has 1 unspecified atom stereocenters. The number of hydrogen-bond acceptors (Lipinski definition) is 3. The van der Waals surface area contributed by atoms with E-state index in [0.717, 1.165) is 6.07 Å². The summed E-state index contributed by atoms with van der Waals surface area (Å²) < 4.78 is 13.4. The first-order chi connectivity index (χ1) is 7.54. The van der Waals surface area contributed by atoms with Crippen molar-refractivity contribution in [2.75, 3.05) is 11.9 Å². The highest BCUT2D eigenvalue weighted by Gasteiger charge is 2.09. The predicted molar refractivity (Wildman–Crippen MR) is 58.1 cm³/mol. The van der Waals surface area contributed by atoms with E-state index in [0.29, 0.717) is 6.42 Å². The summed E-state index contributed by atoms with van der Waals surface area (Å²) >= 11 is 0. The van der Waals surface area contributed by atoms with E-state index in [1.165, 1.54) is 12.1 Å². The van der Waals surface area contributed by atoms with Gasteiger partial charge in [-0.2, -0.15) is 0 Å². The minimum absolute atomic E-state index is 0.0169. The van der Waals surface area contributed by atoms with Crippen LogP contribution in [0.5, 0.6) is 0 Å². The highest BCUT2D eigenvalue weighted by Crippen LogP contribution is 2.17. The summed E-state index contributed by atoms with van der Waals surface area (Å²) in [6.45, 7) is 1.82. The van der Waals surface area contributed by atoms with Gasteiger partial charge >= 0.3 is 5.97 Å². The van der Waals surface area contributed by atoms with E-state index in [4.69, 9.17) is 10.2 Å². The van der Waals surface area contributed by atoms with Crippen molar-refractivity contribution in [2.45, 2.75) is 19.4 Å². The molecule has 1 aromatic carbocycles. The third-order valence-electron chi connectivity index (χ3n) is 2.18. The number of aromatic carboxylic acids is 1. The second kappa shape index (κ2) is 5.46. The van der Waals surface area contributed by atoms with Crippen LogP contribution in [-0.2, 0) is 0 Å².